The first-order valence-electron chi connectivity index (χ1n) is 6.16. The zero-order valence-electron chi connectivity index (χ0n) is 10.1. The van der Waals surface area contributed by atoms with Crippen molar-refractivity contribution < 1.29 is 13.3 Å². The molecule has 19 heavy (non-hydrogen) atoms. The van der Waals surface area contributed by atoms with Gasteiger partial charge in [0.25, 0.3) is 0 Å². The molecule has 0 aliphatic heterocycles. The highest BCUT2D eigenvalue weighted by Crippen LogP contribution is 2.32. The zero-order valence-corrected chi connectivity index (χ0v) is 10.1. The molecule has 100 valence electrons. The van der Waals surface area contributed by atoms with Crippen LogP contribution in [0.25, 0.3) is 11.4 Å². The SMILES string of the molecule is NC(Cc1nc(-c2cc(F)cc(F)c2)no1)C1CC1. The van der Waals surface area contributed by atoms with Gasteiger partial charge in [-0.1, -0.05) is 5.16 Å². The Kier molecular flexibility index (Phi) is 3.02. The minimum atomic E-state index is -0.670. The molecule has 1 aromatic carbocycles. The van der Waals surface area contributed by atoms with Gasteiger partial charge in [-0.3, -0.25) is 0 Å². The molecule has 1 heterocycles. The molecule has 0 saturated heterocycles. The molecule has 1 fully saturated rings. The number of hydrogen-bond acceptors (Lipinski definition) is 4. The van der Waals surface area contributed by atoms with Gasteiger partial charge < -0.3 is 10.3 Å². The quantitative estimate of drug-likeness (QED) is 0.921. The molecule has 0 bridgehead atoms. The van der Waals surface area contributed by atoms with E-state index in [9.17, 15) is 8.78 Å². The summed E-state index contributed by atoms with van der Waals surface area (Å²) in [6.45, 7) is 0. The lowest BCUT2D eigenvalue weighted by Gasteiger charge is -2.04. The van der Waals surface area contributed by atoms with Gasteiger partial charge in [0, 0.05) is 24.1 Å². The smallest absolute Gasteiger partial charge is 0.228 e. The number of aromatic nitrogens is 2. The fraction of sp³-hybridized carbons (Fsp3) is 0.385. The largest absolute Gasteiger partial charge is 0.339 e. The van der Waals surface area contributed by atoms with E-state index in [1.165, 1.54) is 12.1 Å². The van der Waals surface area contributed by atoms with Crippen molar-refractivity contribution >= 4 is 0 Å². The first-order chi connectivity index (χ1) is 9.11. The molecule has 1 atom stereocenters. The van der Waals surface area contributed by atoms with E-state index >= 15 is 0 Å². The normalized spacial score (nSPS) is 16.6. The Balaban J connectivity index is 1.79. The van der Waals surface area contributed by atoms with Gasteiger partial charge in [0.2, 0.25) is 11.7 Å². The summed E-state index contributed by atoms with van der Waals surface area (Å²) < 4.78 is 31.3. The van der Waals surface area contributed by atoms with Gasteiger partial charge in [-0.2, -0.15) is 4.98 Å². The first-order valence-corrected chi connectivity index (χ1v) is 6.16. The van der Waals surface area contributed by atoms with Crippen molar-refractivity contribution in [2.45, 2.75) is 25.3 Å². The highest BCUT2D eigenvalue weighted by Gasteiger charge is 2.29. The predicted molar refractivity (Wildman–Crippen MR) is 64.1 cm³/mol. The monoisotopic (exact) mass is 265 g/mol. The highest BCUT2D eigenvalue weighted by atomic mass is 19.1. The van der Waals surface area contributed by atoms with Crippen LogP contribution in [0.3, 0.4) is 0 Å². The van der Waals surface area contributed by atoms with Gasteiger partial charge in [-0.15, -0.1) is 0 Å². The number of hydrogen-bond donors (Lipinski definition) is 1. The third-order valence-electron chi connectivity index (χ3n) is 3.23. The number of nitrogens with zero attached hydrogens (tertiary/aromatic N) is 2. The molecular formula is C13H13F2N3O. The Morgan fingerprint density at radius 1 is 1.26 bits per heavy atom. The average molecular weight is 265 g/mol. The lowest BCUT2D eigenvalue weighted by Crippen LogP contribution is -2.25. The van der Waals surface area contributed by atoms with Gasteiger partial charge in [0.15, 0.2) is 0 Å². The Hall–Kier alpha value is -1.82. The number of halogens is 2. The predicted octanol–water partition coefficient (Wildman–Crippen LogP) is 2.29. The Morgan fingerprint density at radius 3 is 2.58 bits per heavy atom. The standard InChI is InChI=1S/C13H13F2N3O/c14-9-3-8(4-10(15)5-9)13-17-12(19-18-13)6-11(16)7-1-2-7/h3-5,7,11H,1-2,6,16H2. The molecule has 3 rings (SSSR count). The maximum absolute atomic E-state index is 13.1. The lowest BCUT2D eigenvalue weighted by molar-refractivity contribution is 0.364. The van der Waals surface area contributed by atoms with Crippen LogP contribution in [0, 0.1) is 17.6 Å². The molecule has 1 unspecified atom stereocenters. The molecular weight excluding hydrogens is 252 g/mol. The molecule has 4 nitrogen and oxygen atoms in total. The van der Waals surface area contributed by atoms with E-state index in [0.717, 1.165) is 18.9 Å². The van der Waals surface area contributed by atoms with Gasteiger partial charge >= 0.3 is 0 Å². The van der Waals surface area contributed by atoms with Crippen LogP contribution < -0.4 is 5.73 Å². The highest BCUT2D eigenvalue weighted by molar-refractivity contribution is 5.54. The molecule has 0 radical (unpaired) electrons. The van der Waals surface area contributed by atoms with Crippen molar-refractivity contribution in [1.82, 2.24) is 10.1 Å². The number of rotatable bonds is 4. The third kappa shape index (κ3) is 2.78. The topological polar surface area (TPSA) is 64.9 Å². The van der Waals surface area contributed by atoms with Crippen LogP contribution in [0.5, 0.6) is 0 Å². The van der Waals surface area contributed by atoms with E-state index < -0.39 is 11.6 Å². The van der Waals surface area contributed by atoms with Gasteiger partial charge in [-0.25, -0.2) is 8.78 Å². The Labute approximate surface area is 108 Å². The van der Waals surface area contributed by atoms with Crippen LogP contribution >= 0.6 is 0 Å². The fourth-order valence-corrected chi connectivity index (χ4v) is 2.03. The molecule has 2 N–H and O–H groups in total. The minimum absolute atomic E-state index is 0.0116. The Bertz CT molecular complexity index is 575. The molecule has 1 aliphatic rings. The van der Waals surface area contributed by atoms with E-state index in [-0.39, 0.29) is 17.4 Å². The second-order valence-corrected chi connectivity index (χ2v) is 4.88. The average Bonchev–Trinajstić information content (AvgIpc) is 3.09. The lowest BCUT2D eigenvalue weighted by atomic mass is 10.1. The molecule has 1 aromatic heterocycles. The van der Waals surface area contributed by atoms with Crippen LogP contribution in [0.4, 0.5) is 8.78 Å². The summed E-state index contributed by atoms with van der Waals surface area (Å²) in [5.74, 6) is -0.232. The zero-order chi connectivity index (χ0) is 13.4. The maximum atomic E-state index is 13.1. The second-order valence-electron chi connectivity index (χ2n) is 4.88. The minimum Gasteiger partial charge on any atom is -0.339 e. The molecule has 6 heteroatoms. The summed E-state index contributed by atoms with van der Waals surface area (Å²) in [6.07, 6.45) is 2.77. The van der Waals surface area contributed by atoms with Crippen LogP contribution in [-0.4, -0.2) is 16.2 Å². The number of nitrogens with two attached hydrogens (primary N) is 1. The number of benzene rings is 1. The van der Waals surface area contributed by atoms with E-state index in [1.54, 1.807) is 0 Å². The summed E-state index contributed by atoms with van der Waals surface area (Å²) in [7, 11) is 0. The first kappa shape index (κ1) is 12.2. The van der Waals surface area contributed by atoms with E-state index in [1.807, 2.05) is 0 Å². The maximum Gasteiger partial charge on any atom is 0.228 e. The summed E-state index contributed by atoms with van der Waals surface area (Å²) in [5, 5.41) is 3.73. The van der Waals surface area contributed by atoms with Gasteiger partial charge in [0.1, 0.15) is 11.6 Å². The van der Waals surface area contributed by atoms with E-state index in [4.69, 9.17) is 10.3 Å². The van der Waals surface area contributed by atoms with E-state index in [2.05, 4.69) is 10.1 Å². The molecule has 2 aromatic rings. The van der Waals surface area contributed by atoms with Crippen molar-refractivity contribution in [3.05, 3.63) is 35.7 Å². The second kappa shape index (κ2) is 4.70. The Morgan fingerprint density at radius 2 is 1.95 bits per heavy atom. The summed E-state index contributed by atoms with van der Waals surface area (Å²) in [6, 6.07) is 3.14. The van der Waals surface area contributed by atoms with Gasteiger partial charge in [-0.05, 0) is 30.9 Å². The van der Waals surface area contributed by atoms with Crippen LogP contribution in [0.1, 0.15) is 18.7 Å². The molecule has 1 aliphatic carbocycles. The molecule has 0 spiro atoms. The molecule has 1 saturated carbocycles. The van der Waals surface area contributed by atoms with Crippen LogP contribution in [0.2, 0.25) is 0 Å². The fourth-order valence-electron chi connectivity index (χ4n) is 2.03. The van der Waals surface area contributed by atoms with Crippen LogP contribution in [0.15, 0.2) is 22.7 Å². The van der Waals surface area contributed by atoms with Crippen molar-refractivity contribution in [2.75, 3.05) is 0 Å². The summed E-state index contributed by atoms with van der Waals surface area (Å²) in [5.41, 5.74) is 6.22. The van der Waals surface area contributed by atoms with Crippen molar-refractivity contribution in [3.8, 4) is 11.4 Å². The molecule has 0 amide bonds. The van der Waals surface area contributed by atoms with Crippen molar-refractivity contribution in [2.24, 2.45) is 11.7 Å². The van der Waals surface area contributed by atoms with Crippen molar-refractivity contribution in [1.29, 1.82) is 0 Å². The third-order valence-corrected chi connectivity index (χ3v) is 3.23. The summed E-state index contributed by atoms with van der Waals surface area (Å²) >= 11 is 0. The van der Waals surface area contributed by atoms with Crippen molar-refractivity contribution in [3.63, 3.8) is 0 Å². The van der Waals surface area contributed by atoms with Crippen LogP contribution in [-0.2, 0) is 6.42 Å². The van der Waals surface area contributed by atoms with Gasteiger partial charge in [0.05, 0.1) is 0 Å². The summed E-state index contributed by atoms with van der Waals surface area (Å²) in [4.78, 5) is 4.12. The van der Waals surface area contributed by atoms with E-state index in [0.29, 0.717) is 18.2 Å².